The zero-order chi connectivity index (χ0) is 22.8. The molecule has 3 heterocycles. The summed E-state index contributed by atoms with van der Waals surface area (Å²) in [5.41, 5.74) is 0.744. The molecule has 0 atom stereocenters. The monoisotopic (exact) mass is 461 g/mol. The van der Waals surface area contributed by atoms with Gasteiger partial charge in [0.2, 0.25) is 17.7 Å². The van der Waals surface area contributed by atoms with Crippen LogP contribution in [0.5, 0.6) is 5.75 Å². The second-order valence-corrected chi connectivity index (χ2v) is 7.71. The third kappa shape index (κ3) is 4.13. The van der Waals surface area contributed by atoms with Gasteiger partial charge in [-0.2, -0.15) is 4.68 Å². The predicted molar refractivity (Wildman–Crippen MR) is 109 cm³/mol. The Bertz CT molecular complexity index is 1050. The van der Waals surface area contributed by atoms with Crippen molar-refractivity contribution >= 4 is 35.2 Å². The van der Waals surface area contributed by atoms with Gasteiger partial charge < -0.3 is 14.5 Å². The number of hydrogen-bond donors (Lipinski definition) is 0. The number of carbonyl (C=O) groups excluding carboxylic acids is 4. The van der Waals surface area contributed by atoms with Gasteiger partial charge in [0.1, 0.15) is 18.6 Å². The molecule has 2 fully saturated rings. The molecule has 2 aliphatic rings. The lowest BCUT2D eigenvalue weighted by atomic mass is 10.1. The summed E-state index contributed by atoms with van der Waals surface area (Å²) in [4.78, 5) is 53.2. The summed E-state index contributed by atoms with van der Waals surface area (Å²) in [7, 11) is 1.45. The number of hydrogen-bond acceptors (Lipinski definition) is 8. The number of methoxy groups -OCH3 is 1. The number of aromatic nitrogens is 4. The van der Waals surface area contributed by atoms with Crippen LogP contribution in [0.4, 0.5) is 0 Å². The average Bonchev–Trinajstić information content (AvgIpc) is 3.44. The zero-order valence-corrected chi connectivity index (χ0v) is 18.0. The second kappa shape index (κ2) is 8.91. The molecule has 0 saturated carbocycles. The second-order valence-electron chi connectivity index (χ2n) is 7.30. The van der Waals surface area contributed by atoms with Crippen LogP contribution >= 0.6 is 11.6 Å². The van der Waals surface area contributed by atoms with E-state index in [2.05, 4.69) is 15.5 Å². The van der Waals surface area contributed by atoms with Gasteiger partial charge in [0, 0.05) is 45.1 Å². The van der Waals surface area contributed by atoms with Gasteiger partial charge in [-0.05, 0) is 16.5 Å². The predicted octanol–water partition coefficient (Wildman–Crippen LogP) is -0.242. The van der Waals surface area contributed by atoms with Crippen molar-refractivity contribution in [3.05, 3.63) is 29.0 Å². The zero-order valence-electron chi connectivity index (χ0n) is 17.2. The van der Waals surface area contributed by atoms with Crippen LogP contribution in [-0.2, 0) is 14.4 Å². The van der Waals surface area contributed by atoms with Crippen LogP contribution < -0.4 is 4.74 Å². The van der Waals surface area contributed by atoms with Crippen molar-refractivity contribution in [1.29, 1.82) is 0 Å². The van der Waals surface area contributed by atoms with Crippen LogP contribution in [0.15, 0.2) is 18.5 Å². The molecule has 13 heteroatoms. The van der Waals surface area contributed by atoms with Gasteiger partial charge in [-0.3, -0.25) is 24.1 Å². The van der Waals surface area contributed by atoms with Crippen molar-refractivity contribution in [1.82, 2.24) is 34.9 Å². The molecular formula is C19H20ClN7O5. The molecule has 4 amide bonds. The number of carbonyl (C=O) groups is 4. The van der Waals surface area contributed by atoms with Gasteiger partial charge in [0.15, 0.2) is 0 Å². The normalized spacial score (nSPS) is 16.6. The molecule has 2 saturated heterocycles. The van der Waals surface area contributed by atoms with E-state index >= 15 is 0 Å². The fraction of sp³-hybridized carbons (Fsp3) is 0.421. The first-order chi connectivity index (χ1) is 15.4. The Morgan fingerprint density at radius 3 is 2.31 bits per heavy atom. The molecule has 0 spiro atoms. The minimum atomic E-state index is -0.328. The lowest BCUT2D eigenvalue weighted by Gasteiger charge is -2.35. The Kier molecular flexibility index (Phi) is 6.04. The number of piperazine rings is 1. The van der Waals surface area contributed by atoms with Gasteiger partial charge in [-0.15, -0.1) is 5.10 Å². The fourth-order valence-corrected chi connectivity index (χ4v) is 3.94. The summed E-state index contributed by atoms with van der Waals surface area (Å²) in [5, 5.41) is 11.2. The molecule has 0 unspecified atom stereocenters. The lowest BCUT2D eigenvalue weighted by molar-refractivity contribution is -0.146. The number of ether oxygens (including phenoxy) is 1. The van der Waals surface area contributed by atoms with E-state index in [1.807, 2.05) is 0 Å². The van der Waals surface area contributed by atoms with Gasteiger partial charge in [0.25, 0.3) is 5.91 Å². The number of likely N-dealkylation sites (tertiary alicyclic amines) is 1. The third-order valence-electron chi connectivity index (χ3n) is 5.46. The van der Waals surface area contributed by atoms with Crippen molar-refractivity contribution in [2.45, 2.75) is 12.8 Å². The first-order valence-electron chi connectivity index (χ1n) is 9.90. The number of nitrogens with zero attached hydrogens (tertiary/aromatic N) is 7. The first-order valence-corrected chi connectivity index (χ1v) is 10.3. The molecule has 0 bridgehead atoms. The van der Waals surface area contributed by atoms with E-state index in [-0.39, 0.29) is 53.6 Å². The summed E-state index contributed by atoms with van der Waals surface area (Å²) in [6.45, 7) is 0.913. The molecule has 0 aliphatic carbocycles. The van der Waals surface area contributed by atoms with Gasteiger partial charge in [0.05, 0.1) is 23.4 Å². The van der Waals surface area contributed by atoms with Crippen LogP contribution in [0.1, 0.15) is 23.2 Å². The van der Waals surface area contributed by atoms with Crippen molar-refractivity contribution < 1.29 is 23.9 Å². The SMILES string of the molecule is COc1cc(-n2cnnn2)c(Cl)cc1C(=O)N1CCN(C(=O)CN2C(=O)CCC2=O)CC1. The number of tetrazole rings is 1. The largest absolute Gasteiger partial charge is 0.496 e. The van der Waals surface area contributed by atoms with Crippen molar-refractivity contribution in [3.63, 3.8) is 0 Å². The van der Waals surface area contributed by atoms with Crippen LogP contribution in [0.3, 0.4) is 0 Å². The van der Waals surface area contributed by atoms with Gasteiger partial charge in [-0.1, -0.05) is 11.6 Å². The van der Waals surface area contributed by atoms with Crippen molar-refractivity contribution in [2.75, 3.05) is 39.8 Å². The number of rotatable bonds is 5. The Balaban J connectivity index is 1.42. The summed E-state index contributed by atoms with van der Waals surface area (Å²) in [5.74, 6) is -0.942. The standard InChI is InChI=1S/C19H20ClN7O5/c1-32-15-9-14(27-11-21-22-23-27)13(20)8-12(15)19(31)25-6-4-24(5-7-25)18(30)10-26-16(28)2-3-17(26)29/h8-9,11H,2-7,10H2,1H3. The Hall–Kier alpha value is -3.54. The summed E-state index contributed by atoms with van der Waals surface area (Å²) < 4.78 is 6.74. The quantitative estimate of drug-likeness (QED) is 0.557. The fourth-order valence-electron chi connectivity index (χ4n) is 3.69. The minimum absolute atomic E-state index is 0.144. The highest BCUT2D eigenvalue weighted by atomic mass is 35.5. The van der Waals surface area contributed by atoms with Crippen molar-refractivity contribution in [3.8, 4) is 11.4 Å². The maximum atomic E-state index is 13.1. The molecule has 12 nitrogen and oxygen atoms in total. The molecule has 0 N–H and O–H groups in total. The molecule has 1 aromatic heterocycles. The highest BCUT2D eigenvalue weighted by Gasteiger charge is 2.33. The smallest absolute Gasteiger partial charge is 0.257 e. The molecule has 32 heavy (non-hydrogen) atoms. The lowest BCUT2D eigenvalue weighted by Crippen LogP contribution is -2.53. The Labute approximate surface area is 187 Å². The van der Waals surface area contributed by atoms with Crippen LogP contribution in [0.2, 0.25) is 5.02 Å². The summed E-state index contributed by atoms with van der Waals surface area (Å²) in [6.07, 6.45) is 1.66. The molecule has 2 aromatic rings. The van der Waals surface area contributed by atoms with E-state index < -0.39 is 0 Å². The molecule has 0 radical (unpaired) electrons. The Morgan fingerprint density at radius 2 is 1.72 bits per heavy atom. The highest BCUT2D eigenvalue weighted by molar-refractivity contribution is 6.33. The maximum absolute atomic E-state index is 13.1. The number of benzene rings is 1. The van der Waals surface area contributed by atoms with E-state index in [1.165, 1.54) is 24.2 Å². The molecule has 1 aromatic carbocycles. The van der Waals surface area contributed by atoms with Crippen LogP contribution in [-0.4, -0.2) is 98.4 Å². The first kappa shape index (κ1) is 21.7. The highest BCUT2D eigenvalue weighted by Crippen LogP contribution is 2.30. The maximum Gasteiger partial charge on any atom is 0.257 e. The molecule has 168 valence electrons. The summed E-state index contributed by atoms with van der Waals surface area (Å²) in [6, 6.07) is 3.08. The number of imide groups is 1. The Morgan fingerprint density at radius 1 is 1.06 bits per heavy atom. The van der Waals surface area contributed by atoms with Crippen molar-refractivity contribution in [2.24, 2.45) is 0 Å². The van der Waals surface area contributed by atoms with Crippen LogP contribution in [0, 0.1) is 0 Å². The van der Waals surface area contributed by atoms with E-state index in [9.17, 15) is 19.2 Å². The molecule has 4 rings (SSSR count). The van der Waals surface area contributed by atoms with E-state index in [0.717, 1.165) is 4.90 Å². The number of halogens is 1. The van der Waals surface area contributed by atoms with E-state index in [4.69, 9.17) is 16.3 Å². The van der Waals surface area contributed by atoms with Gasteiger partial charge in [-0.25, -0.2) is 0 Å². The minimum Gasteiger partial charge on any atom is -0.496 e. The van der Waals surface area contributed by atoms with Crippen LogP contribution in [0.25, 0.3) is 5.69 Å². The number of amides is 4. The molecular weight excluding hydrogens is 442 g/mol. The van der Waals surface area contributed by atoms with E-state index in [1.54, 1.807) is 15.9 Å². The van der Waals surface area contributed by atoms with Gasteiger partial charge >= 0.3 is 0 Å². The topological polar surface area (TPSA) is 131 Å². The molecule has 2 aliphatic heterocycles. The van der Waals surface area contributed by atoms with E-state index in [0.29, 0.717) is 37.6 Å². The third-order valence-corrected chi connectivity index (χ3v) is 5.77. The summed E-state index contributed by atoms with van der Waals surface area (Å²) >= 11 is 6.35. The average molecular weight is 462 g/mol.